The van der Waals surface area contributed by atoms with E-state index in [0.717, 1.165) is 0 Å². The minimum Gasteiger partial charge on any atom is -0.338 e. The summed E-state index contributed by atoms with van der Waals surface area (Å²) in [5.41, 5.74) is 0.346. The van der Waals surface area contributed by atoms with Crippen LogP contribution in [0, 0.1) is 0 Å². The van der Waals surface area contributed by atoms with Gasteiger partial charge in [0.15, 0.2) is 9.84 Å². The van der Waals surface area contributed by atoms with Crippen LogP contribution >= 0.6 is 11.6 Å². The van der Waals surface area contributed by atoms with Crippen molar-refractivity contribution in [1.29, 1.82) is 0 Å². The molecular weight excluding hydrogens is 276 g/mol. The minimum absolute atomic E-state index is 0.0257. The van der Waals surface area contributed by atoms with Gasteiger partial charge >= 0.3 is 0 Å². The standard InChI is InChI=1S/C11H13ClN2O3S/c1-14(8-3-5-18(16,17)7-8)11(15)9-2-4-13-6-10(9)12/h2,4,6,8H,3,5,7H2,1H3. The SMILES string of the molecule is CN(C(=O)c1ccncc1Cl)C1CCS(=O)(=O)C1. The van der Waals surface area contributed by atoms with Crippen molar-refractivity contribution in [3.8, 4) is 0 Å². The van der Waals surface area contributed by atoms with E-state index >= 15 is 0 Å². The summed E-state index contributed by atoms with van der Waals surface area (Å²) in [7, 11) is -1.40. The molecule has 5 nitrogen and oxygen atoms in total. The van der Waals surface area contributed by atoms with Gasteiger partial charge in [-0.25, -0.2) is 8.42 Å². The number of pyridine rings is 1. The predicted octanol–water partition coefficient (Wildman–Crippen LogP) is 0.994. The van der Waals surface area contributed by atoms with Crippen LogP contribution in [0.25, 0.3) is 0 Å². The average Bonchev–Trinajstić information content (AvgIpc) is 2.68. The monoisotopic (exact) mass is 288 g/mol. The van der Waals surface area contributed by atoms with E-state index in [0.29, 0.717) is 12.0 Å². The molecule has 1 atom stereocenters. The topological polar surface area (TPSA) is 67.3 Å². The number of sulfone groups is 1. The Hall–Kier alpha value is -1.14. The smallest absolute Gasteiger partial charge is 0.255 e. The van der Waals surface area contributed by atoms with E-state index < -0.39 is 9.84 Å². The molecule has 2 heterocycles. The van der Waals surface area contributed by atoms with Gasteiger partial charge in [0, 0.05) is 25.5 Å². The maximum absolute atomic E-state index is 12.2. The van der Waals surface area contributed by atoms with Crippen LogP contribution in [0.4, 0.5) is 0 Å². The number of rotatable bonds is 2. The highest BCUT2D eigenvalue weighted by atomic mass is 35.5. The highest BCUT2D eigenvalue weighted by molar-refractivity contribution is 7.91. The van der Waals surface area contributed by atoms with Gasteiger partial charge in [0.25, 0.3) is 5.91 Å². The number of aromatic nitrogens is 1. The molecule has 0 N–H and O–H groups in total. The van der Waals surface area contributed by atoms with Crippen LogP contribution in [0.1, 0.15) is 16.8 Å². The molecule has 1 unspecified atom stereocenters. The van der Waals surface area contributed by atoms with Crippen molar-refractivity contribution in [3.63, 3.8) is 0 Å². The molecule has 1 aromatic heterocycles. The van der Waals surface area contributed by atoms with Crippen LogP contribution in [-0.2, 0) is 9.84 Å². The van der Waals surface area contributed by atoms with Crippen molar-refractivity contribution in [2.45, 2.75) is 12.5 Å². The molecule has 0 aromatic carbocycles. The van der Waals surface area contributed by atoms with Crippen LogP contribution in [0.15, 0.2) is 18.5 Å². The Morgan fingerprint density at radius 2 is 2.28 bits per heavy atom. The molecule has 7 heteroatoms. The summed E-state index contributed by atoms with van der Waals surface area (Å²) in [5, 5.41) is 0.273. The van der Waals surface area contributed by atoms with E-state index in [1.165, 1.54) is 23.4 Å². The van der Waals surface area contributed by atoms with Gasteiger partial charge in [-0.3, -0.25) is 9.78 Å². The largest absolute Gasteiger partial charge is 0.338 e. The number of hydrogen-bond acceptors (Lipinski definition) is 4. The highest BCUT2D eigenvalue weighted by Crippen LogP contribution is 2.21. The van der Waals surface area contributed by atoms with Gasteiger partial charge in [-0.05, 0) is 12.5 Å². The number of amides is 1. The molecular formula is C11H13ClN2O3S. The molecule has 2 rings (SSSR count). The molecule has 0 spiro atoms. The van der Waals surface area contributed by atoms with E-state index in [-0.39, 0.29) is 28.5 Å². The lowest BCUT2D eigenvalue weighted by Gasteiger charge is -2.23. The highest BCUT2D eigenvalue weighted by Gasteiger charge is 2.33. The van der Waals surface area contributed by atoms with Gasteiger partial charge in [-0.15, -0.1) is 0 Å². The van der Waals surface area contributed by atoms with Gasteiger partial charge in [0.1, 0.15) is 0 Å². The van der Waals surface area contributed by atoms with E-state index in [4.69, 9.17) is 11.6 Å². The molecule has 1 aliphatic rings. The lowest BCUT2D eigenvalue weighted by atomic mass is 10.2. The summed E-state index contributed by atoms with van der Waals surface area (Å²) in [6.07, 6.45) is 3.36. The molecule has 0 saturated carbocycles. The number of carbonyl (C=O) groups excluding carboxylic acids is 1. The number of nitrogens with zero attached hydrogens (tertiary/aromatic N) is 2. The van der Waals surface area contributed by atoms with Gasteiger partial charge in [-0.1, -0.05) is 11.6 Å². The normalized spacial score (nSPS) is 21.8. The van der Waals surface area contributed by atoms with Crippen molar-refractivity contribution in [2.24, 2.45) is 0 Å². The Bertz CT molecular complexity index is 573. The van der Waals surface area contributed by atoms with Crippen molar-refractivity contribution in [1.82, 2.24) is 9.88 Å². The minimum atomic E-state index is -3.01. The maximum atomic E-state index is 12.2. The summed E-state index contributed by atoms with van der Waals surface area (Å²) >= 11 is 5.90. The third kappa shape index (κ3) is 2.64. The van der Waals surface area contributed by atoms with Crippen LogP contribution in [0.5, 0.6) is 0 Å². The van der Waals surface area contributed by atoms with Crippen molar-refractivity contribution < 1.29 is 13.2 Å². The average molecular weight is 289 g/mol. The Balaban J connectivity index is 2.18. The van der Waals surface area contributed by atoms with Crippen molar-refractivity contribution in [3.05, 3.63) is 29.0 Å². The molecule has 1 aliphatic heterocycles. The Kier molecular flexibility index (Phi) is 3.59. The summed E-state index contributed by atoms with van der Waals surface area (Å²) < 4.78 is 22.8. The lowest BCUT2D eigenvalue weighted by molar-refractivity contribution is 0.0748. The fraction of sp³-hybridized carbons (Fsp3) is 0.455. The summed E-state index contributed by atoms with van der Waals surface area (Å²) in [4.78, 5) is 17.4. The fourth-order valence-electron chi connectivity index (χ4n) is 1.99. The maximum Gasteiger partial charge on any atom is 0.255 e. The second-order valence-electron chi connectivity index (χ2n) is 4.33. The summed E-state index contributed by atoms with van der Waals surface area (Å²) in [5.74, 6) is -0.110. The van der Waals surface area contributed by atoms with Crippen LogP contribution in [-0.4, -0.2) is 48.8 Å². The first-order valence-corrected chi connectivity index (χ1v) is 7.68. The zero-order valence-corrected chi connectivity index (χ0v) is 11.4. The van der Waals surface area contributed by atoms with E-state index in [1.807, 2.05) is 0 Å². The predicted molar refractivity (Wildman–Crippen MR) is 68.4 cm³/mol. The van der Waals surface area contributed by atoms with Gasteiger partial charge in [-0.2, -0.15) is 0 Å². The number of halogens is 1. The van der Waals surface area contributed by atoms with E-state index in [2.05, 4.69) is 4.98 Å². The van der Waals surface area contributed by atoms with Gasteiger partial charge in [0.2, 0.25) is 0 Å². The first-order chi connectivity index (χ1) is 8.41. The molecule has 1 saturated heterocycles. The molecule has 18 heavy (non-hydrogen) atoms. The number of carbonyl (C=O) groups is 1. The quantitative estimate of drug-likeness (QED) is 0.814. The van der Waals surface area contributed by atoms with Gasteiger partial charge < -0.3 is 4.90 Å². The molecule has 98 valence electrons. The fourth-order valence-corrected chi connectivity index (χ4v) is 3.96. The van der Waals surface area contributed by atoms with E-state index in [1.54, 1.807) is 7.05 Å². The molecule has 0 bridgehead atoms. The molecule has 1 aromatic rings. The Morgan fingerprint density at radius 3 is 2.83 bits per heavy atom. The third-order valence-corrected chi connectivity index (χ3v) is 5.13. The first kappa shape index (κ1) is 13.3. The first-order valence-electron chi connectivity index (χ1n) is 5.48. The molecule has 0 radical (unpaired) electrons. The van der Waals surface area contributed by atoms with Crippen LogP contribution in [0.3, 0.4) is 0 Å². The second-order valence-corrected chi connectivity index (χ2v) is 6.96. The zero-order valence-electron chi connectivity index (χ0n) is 9.84. The summed E-state index contributed by atoms with van der Waals surface area (Å²) in [6, 6.07) is 1.26. The number of hydrogen-bond donors (Lipinski definition) is 0. The van der Waals surface area contributed by atoms with Crippen molar-refractivity contribution in [2.75, 3.05) is 18.6 Å². The lowest BCUT2D eigenvalue weighted by Crippen LogP contribution is -2.37. The Morgan fingerprint density at radius 1 is 1.56 bits per heavy atom. The molecule has 1 fully saturated rings. The Labute approximate surface area is 111 Å². The molecule has 1 amide bonds. The van der Waals surface area contributed by atoms with Crippen LogP contribution in [0.2, 0.25) is 5.02 Å². The van der Waals surface area contributed by atoms with Crippen molar-refractivity contribution >= 4 is 27.3 Å². The zero-order chi connectivity index (χ0) is 13.3. The van der Waals surface area contributed by atoms with E-state index in [9.17, 15) is 13.2 Å². The summed E-state index contributed by atoms with van der Waals surface area (Å²) in [6.45, 7) is 0. The molecule has 0 aliphatic carbocycles. The van der Waals surface area contributed by atoms with Crippen LogP contribution < -0.4 is 0 Å². The second kappa shape index (κ2) is 4.85. The van der Waals surface area contributed by atoms with Gasteiger partial charge in [0.05, 0.1) is 22.1 Å². The third-order valence-electron chi connectivity index (χ3n) is 3.08.